The van der Waals surface area contributed by atoms with Crippen LogP contribution in [0.4, 0.5) is 0 Å². The average molecular weight is 512 g/mol. The molecule has 184 valence electrons. The molecule has 7 nitrogen and oxygen atoms in total. The van der Waals surface area contributed by atoms with Crippen molar-refractivity contribution in [1.82, 2.24) is 14.9 Å². The normalized spacial score (nSPS) is 10.8. The van der Waals surface area contributed by atoms with Crippen molar-refractivity contribution in [3.63, 3.8) is 0 Å². The number of halogens is 1. The van der Waals surface area contributed by atoms with E-state index in [1.807, 2.05) is 54.6 Å². The van der Waals surface area contributed by atoms with Crippen molar-refractivity contribution in [3.05, 3.63) is 131 Å². The molecule has 0 aliphatic carbocycles. The highest BCUT2D eigenvalue weighted by molar-refractivity contribution is 6.29. The van der Waals surface area contributed by atoms with Gasteiger partial charge in [-0.1, -0.05) is 72.8 Å². The minimum atomic E-state index is -0.311. The molecule has 0 aliphatic heterocycles. The zero-order valence-electron chi connectivity index (χ0n) is 19.8. The summed E-state index contributed by atoms with van der Waals surface area (Å²) >= 11 is 5.90. The van der Waals surface area contributed by atoms with Crippen molar-refractivity contribution < 1.29 is 14.5 Å². The largest absolute Gasteiger partial charge is 0.477 e. The Hall–Kier alpha value is -4.62. The number of nitrogens with one attached hydrogen (secondary N) is 1. The number of hydrogen-bond donors (Lipinski definition) is 2. The molecule has 0 fully saturated rings. The predicted molar refractivity (Wildman–Crippen MR) is 143 cm³/mol. The number of rotatable bonds is 8. The minimum absolute atomic E-state index is 0.102. The Bertz CT molecular complexity index is 1620. The van der Waals surface area contributed by atoms with E-state index in [1.54, 1.807) is 47.3 Å². The average Bonchev–Trinajstić information content (AvgIpc) is 2.93. The predicted octanol–water partition coefficient (Wildman–Crippen LogP) is 4.81. The van der Waals surface area contributed by atoms with Gasteiger partial charge in [0.15, 0.2) is 11.3 Å². The summed E-state index contributed by atoms with van der Waals surface area (Å²) in [6.45, 7) is 4.46. The Morgan fingerprint density at radius 3 is 2.51 bits per heavy atom. The molecular formula is C29H24ClN4O3+. The number of nitrogens with zero attached hydrogens (tertiary/aromatic N) is 3. The Morgan fingerprint density at radius 1 is 1.03 bits per heavy atom. The fraction of sp³-hybridized carbons (Fsp3) is 0.0690. The zero-order chi connectivity index (χ0) is 25.8. The number of pyridine rings is 2. The van der Waals surface area contributed by atoms with Gasteiger partial charge in [0, 0.05) is 24.2 Å². The van der Waals surface area contributed by atoms with E-state index in [0.717, 1.165) is 11.1 Å². The van der Waals surface area contributed by atoms with Crippen molar-refractivity contribution in [2.45, 2.75) is 13.0 Å². The smallest absolute Gasteiger partial charge is 0.354 e. The van der Waals surface area contributed by atoms with E-state index < -0.39 is 0 Å². The molecule has 0 amide bonds. The molecule has 2 N–H and O–H groups in total. The van der Waals surface area contributed by atoms with E-state index in [2.05, 4.69) is 17.0 Å². The lowest BCUT2D eigenvalue weighted by atomic mass is 10.0. The number of hydroxylamine groups is 1. The van der Waals surface area contributed by atoms with Crippen LogP contribution in [0.5, 0.6) is 11.6 Å². The van der Waals surface area contributed by atoms with Gasteiger partial charge in [-0.15, -0.1) is 0 Å². The lowest BCUT2D eigenvalue weighted by molar-refractivity contribution is -0.679. The molecule has 0 spiro atoms. The molecule has 0 radical (unpaired) electrons. The van der Waals surface area contributed by atoms with E-state index >= 15 is 0 Å². The summed E-state index contributed by atoms with van der Waals surface area (Å²) in [6.07, 6.45) is 4.00. The van der Waals surface area contributed by atoms with Crippen LogP contribution in [0.1, 0.15) is 11.1 Å². The molecule has 2 aromatic carbocycles. The maximum atomic E-state index is 13.4. The summed E-state index contributed by atoms with van der Waals surface area (Å²) < 4.78 is 3.27. The second-order valence-corrected chi connectivity index (χ2v) is 8.78. The number of benzene rings is 2. The van der Waals surface area contributed by atoms with E-state index in [9.17, 15) is 9.90 Å². The van der Waals surface area contributed by atoms with Crippen LogP contribution in [-0.2, 0) is 13.0 Å². The Kier molecular flexibility index (Phi) is 6.87. The molecule has 0 atom stereocenters. The highest BCUT2D eigenvalue weighted by Gasteiger charge is 2.24. The first-order chi connectivity index (χ1) is 18.0. The fourth-order valence-electron chi connectivity index (χ4n) is 4.06. The summed E-state index contributed by atoms with van der Waals surface area (Å²) in [5, 5.41) is 11.7. The van der Waals surface area contributed by atoms with E-state index in [-0.39, 0.29) is 17.0 Å². The quantitative estimate of drug-likeness (QED) is 0.178. The van der Waals surface area contributed by atoms with Crippen molar-refractivity contribution in [2.75, 3.05) is 0 Å². The van der Waals surface area contributed by atoms with Crippen molar-refractivity contribution >= 4 is 22.9 Å². The van der Waals surface area contributed by atoms with Crippen molar-refractivity contribution in [2.24, 2.45) is 0 Å². The van der Waals surface area contributed by atoms with Gasteiger partial charge in [-0.05, 0) is 35.4 Å². The molecule has 37 heavy (non-hydrogen) atoms. The molecule has 3 aromatic heterocycles. The van der Waals surface area contributed by atoms with E-state index in [4.69, 9.17) is 16.4 Å². The van der Waals surface area contributed by atoms with Crippen molar-refractivity contribution in [3.8, 4) is 22.8 Å². The second-order valence-electron chi connectivity index (χ2n) is 8.40. The number of aromatic hydroxyl groups is 1. The van der Waals surface area contributed by atoms with Crippen LogP contribution in [0.3, 0.4) is 0 Å². The molecule has 8 heteroatoms. The number of aryl methyl sites for hydroxylation is 2. The summed E-state index contributed by atoms with van der Waals surface area (Å²) in [4.78, 5) is 23.1. The third-order valence-electron chi connectivity index (χ3n) is 6.00. The number of para-hydroxylation sites is 1. The van der Waals surface area contributed by atoms with Gasteiger partial charge in [0.25, 0.3) is 11.5 Å². The van der Waals surface area contributed by atoms with Crippen LogP contribution in [0, 0.1) is 0 Å². The number of fused-ring (bicyclic) bond motifs is 1. The first-order valence-electron chi connectivity index (χ1n) is 11.7. The van der Waals surface area contributed by atoms with Gasteiger partial charge in [0.05, 0.1) is 18.4 Å². The van der Waals surface area contributed by atoms with Crippen LogP contribution < -0.4 is 20.4 Å². The monoisotopic (exact) mass is 511 g/mol. The van der Waals surface area contributed by atoms with Gasteiger partial charge in [0.2, 0.25) is 0 Å². The second kappa shape index (κ2) is 10.6. The molecule has 0 saturated carbocycles. The SMILES string of the molecule is C=C(NOc1ccccc1)c1ccc(-c2c(O)[n+](CCc3ccc(Cl)nc3)c3ccccn3c2=O)cc1. The highest BCUT2D eigenvalue weighted by Crippen LogP contribution is 2.25. The standard InChI is InChI=1S/C29H23ClN4O3/c1-20(32-37-24-7-3-2-4-8-24)22-11-13-23(14-12-22)27-28(35)33-17-6-5-9-26(33)34(29(27)36)18-16-21-10-15-25(30)31-19-21/h2-15,17,19,32H,1,16,18H2/p+1. The summed E-state index contributed by atoms with van der Waals surface area (Å²) in [7, 11) is 0. The van der Waals surface area contributed by atoms with E-state index in [0.29, 0.717) is 40.8 Å². The zero-order valence-corrected chi connectivity index (χ0v) is 20.6. The number of aromatic nitrogens is 3. The molecule has 0 bridgehead atoms. The summed E-state index contributed by atoms with van der Waals surface area (Å²) in [6, 6.07) is 25.6. The topological polar surface area (TPSA) is 79.7 Å². The first kappa shape index (κ1) is 24.1. The molecule has 0 aliphatic rings. The highest BCUT2D eigenvalue weighted by atomic mass is 35.5. The van der Waals surface area contributed by atoms with Crippen molar-refractivity contribution in [1.29, 1.82) is 0 Å². The van der Waals surface area contributed by atoms with Crippen LogP contribution in [0.2, 0.25) is 5.15 Å². The molecule has 0 saturated heterocycles. The maximum Gasteiger partial charge on any atom is 0.354 e. The molecular weight excluding hydrogens is 488 g/mol. The Balaban J connectivity index is 1.45. The fourth-order valence-corrected chi connectivity index (χ4v) is 4.17. The Labute approximate surface area is 218 Å². The maximum absolute atomic E-state index is 13.4. The van der Waals surface area contributed by atoms with Gasteiger partial charge in [0.1, 0.15) is 5.15 Å². The Morgan fingerprint density at radius 2 is 1.78 bits per heavy atom. The van der Waals surface area contributed by atoms with Gasteiger partial charge in [-0.25, -0.2) is 15.3 Å². The van der Waals surface area contributed by atoms with Gasteiger partial charge < -0.3 is 9.94 Å². The van der Waals surface area contributed by atoms with Gasteiger partial charge >= 0.3 is 5.56 Å². The van der Waals surface area contributed by atoms with E-state index in [1.165, 1.54) is 4.40 Å². The van der Waals surface area contributed by atoms with Crippen LogP contribution in [0.15, 0.2) is 109 Å². The summed E-state index contributed by atoms with van der Waals surface area (Å²) in [5.74, 6) is 0.559. The molecule has 3 heterocycles. The number of hydrogen-bond acceptors (Lipinski definition) is 5. The minimum Gasteiger partial charge on any atom is -0.477 e. The lowest BCUT2D eigenvalue weighted by Gasteiger charge is -2.12. The molecule has 0 unspecified atom stereocenters. The summed E-state index contributed by atoms with van der Waals surface area (Å²) in [5.41, 5.74) is 6.21. The van der Waals surface area contributed by atoms with Crippen LogP contribution in [-0.4, -0.2) is 14.5 Å². The first-order valence-corrected chi connectivity index (χ1v) is 12.0. The third-order valence-corrected chi connectivity index (χ3v) is 6.22. The molecule has 5 rings (SSSR count). The van der Waals surface area contributed by atoms with Crippen LogP contribution >= 0.6 is 11.6 Å². The lowest BCUT2D eigenvalue weighted by Crippen LogP contribution is -2.41. The van der Waals surface area contributed by atoms with Gasteiger partial charge in [-0.2, -0.15) is 8.97 Å². The molecule has 5 aromatic rings. The van der Waals surface area contributed by atoms with Gasteiger partial charge in [-0.3, -0.25) is 0 Å². The third kappa shape index (κ3) is 5.17. The van der Waals surface area contributed by atoms with Crippen LogP contribution in [0.25, 0.3) is 22.5 Å².